The number of rotatable bonds is 9. The molecule has 28 heavy (non-hydrogen) atoms. The molecule has 3 rings (SSSR count). The molecule has 0 amide bonds. The lowest BCUT2D eigenvalue weighted by Crippen LogP contribution is -2.11. The molecule has 0 aliphatic heterocycles. The summed E-state index contributed by atoms with van der Waals surface area (Å²) in [7, 11) is 0. The Bertz CT molecular complexity index is 926. The first kappa shape index (κ1) is 19.6. The van der Waals surface area contributed by atoms with Crippen molar-refractivity contribution in [1.82, 2.24) is 19.7 Å². The number of hydrogen-bond acceptors (Lipinski definition) is 7. The number of carbonyl (C=O) groups is 1. The highest BCUT2D eigenvalue weighted by Gasteiger charge is 2.15. The van der Waals surface area contributed by atoms with E-state index in [1.807, 2.05) is 23.6 Å². The van der Waals surface area contributed by atoms with Crippen LogP contribution in [-0.4, -0.2) is 38.1 Å². The fourth-order valence-electron chi connectivity index (χ4n) is 2.45. The number of aromatic nitrogens is 4. The Labute approximate surface area is 167 Å². The second kappa shape index (κ2) is 9.70. The number of carbonyl (C=O) groups excluding carboxylic acids is 1. The van der Waals surface area contributed by atoms with Gasteiger partial charge in [0, 0.05) is 24.5 Å². The first-order valence-corrected chi connectivity index (χ1v) is 9.70. The van der Waals surface area contributed by atoms with Gasteiger partial charge in [0.05, 0.1) is 12.4 Å². The lowest BCUT2D eigenvalue weighted by molar-refractivity contribution is -0.131. The topological polar surface area (TPSA) is 79.1 Å². The molecule has 0 saturated carbocycles. The van der Waals surface area contributed by atoms with E-state index in [9.17, 15) is 4.79 Å². The molecule has 0 unspecified atom stereocenters. The maximum absolute atomic E-state index is 12.2. The van der Waals surface area contributed by atoms with Crippen molar-refractivity contribution in [3.63, 3.8) is 0 Å². The minimum atomic E-state index is -0.370. The molecule has 0 N–H and O–H groups in total. The van der Waals surface area contributed by atoms with Gasteiger partial charge >= 0.3 is 5.97 Å². The molecular formula is C20H20N4O3S. The number of pyridine rings is 1. The average Bonchev–Trinajstić information content (AvgIpc) is 3.12. The number of benzene rings is 1. The second-order valence-electron chi connectivity index (χ2n) is 5.61. The Balaban J connectivity index is 1.64. The van der Waals surface area contributed by atoms with Crippen molar-refractivity contribution >= 4 is 17.7 Å². The van der Waals surface area contributed by atoms with Crippen LogP contribution < -0.4 is 9.47 Å². The van der Waals surface area contributed by atoms with E-state index < -0.39 is 0 Å². The highest BCUT2D eigenvalue weighted by molar-refractivity contribution is 7.99. The summed E-state index contributed by atoms with van der Waals surface area (Å²) in [5, 5.41) is 9.04. The van der Waals surface area contributed by atoms with Crippen LogP contribution in [0.1, 0.15) is 6.92 Å². The van der Waals surface area contributed by atoms with E-state index in [1.165, 1.54) is 11.8 Å². The molecule has 8 heteroatoms. The lowest BCUT2D eigenvalue weighted by Gasteiger charge is -2.08. The summed E-state index contributed by atoms with van der Waals surface area (Å²) in [6, 6.07) is 10.7. The van der Waals surface area contributed by atoms with Gasteiger partial charge in [0.15, 0.2) is 11.0 Å². The molecule has 0 atom stereocenters. The maximum Gasteiger partial charge on any atom is 0.321 e. The van der Waals surface area contributed by atoms with Crippen LogP contribution in [0, 0.1) is 0 Å². The molecule has 2 heterocycles. The minimum Gasteiger partial charge on any atom is -0.494 e. The minimum absolute atomic E-state index is 0.107. The standard InChI is InChI=1S/C20H20N4O3S/c1-3-12-24-19(15-6-5-11-21-13-15)22-23-20(24)28-14-18(25)27-17-9-7-16(8-10-17)26-4-2/h3,5-11,13H,1,4,12,14H2,2H3. The number of esters is 1. The third kappa shape index (κ3) is 4.98. The zero-order valence-electron chi connectivity index (χ0n) is 15.4. The zero-order valence-corrected chi connectivity index (χ0v) is 16.3. The normalized spacial score (nSPS) is 10.5. The quantitative estimate of drug-likeness (QED) is 0.236. The molecule has 2 aromatic heterocycles. The number of nitrogens with zero attached hydrogens (tertiary/aromatic N) is 4. The van der Waals surface area contributed by atoms with E-state index in [-0.39, 0.29) is 11.7 Å². The fraction of sp³-hybridized carbons (Fsp3) is 0.200. The van der Waals surface area contributed by atoms with Crippen molar-refractivity contribution in [2.24, 2.45) is 0 Å². The van der Waals surface area contributed by atoms with Crippen molar-refractivity contribution < 1.29 is 14.3 Å². The Morgan fingerprint density at radius 1 is 1.21 bits per heavy atom. The summed E-state index contributed by atoms with van der Waals surface area (Å²) >= 11 is 1.26. The summed E-state index contributed by atoms with van der Waals surface area (Å²) < 4.78 is 12.6. The van der Waals surface area contributed by atoms with Crippen LogP contribution in [0.3, 0.4) is 0 Å². The highest BCUT2D eigenvalue weighted by atomic mass is 32.2. The van der Waals surface area contributed by atoms with Crippen molar-refractivity contribution in [2.75, 3.05) is 12.4 Å². The van der Waals surface area contributed by atoms with Crippen molar-refractivity contribution in [2.45, 2.75) is 18.6 Å². The average molecular weight is 396 g/mol. The van der Waals surface area contributed by atoms with Gasteiger partial charge in [-0.2, -0.15) is 0 Å². The predicted molar refractivity (Wildman–Crippen MR) is 107 cm³/mol. The smallest absolute Gasteiger partial charge is 0.321 e. The van der Waals surface area contributed by atoms with Crippen LogP contribution in [0.2, 0.25) is 0 Å². The van der Waals surface area contributed by atoms with E-state index in [0.29, 0.717) is 29.9 Å². The third-order valence-electron chi connectivity index (χ3n) is 3.63. The Morgan fingerprint density at radius 2 is 2.00 bits per heavy atom. The number of thioether (sulfide) groups is 1. The van der Waals surface area contributed by atoms with Gasteiger partial charge < -0.3 is 9.47 Å². The summed E-state index contributed by atoms with van der Waals surface area (Å²) in [6.07, 6.45) is 5.17. The lowest BCUT2D eigenvalue weighted by atomic mass is 10.3. The third-order valence-corrected chi connectivity index (χ3v) is 4.57. The van der Waals surface area contributed by atoms with E-state index in [2.05, 4.69) is 21.8 Å². The Morgan fingerprint density at radius 3 is 2.68 bits per heavy atom. The molecule has 0 aliphatic carbocycles. The van der Waals surface area contributed by atoms with E-state index in [4.69, 9.17) is 9.47 Å². The highest BCUT2D eigenvalue weighted by Crippen LogP contribution is 2.24. The largest absolute Gasteiger partial charge is 0.494 e. The summed E-state index contributed by atoms with van der Waals surface area (Å²) in [5.41, 5.74) is 0.848. The second-order valence-corrected chi connectivity index (χ2v) is 6.56. The summed E-state index contributed by atoms with van der Waals surface area (Å²) in [5.74, 6) is 1.62. The van der Waals surface area contributed by atoms with Gasteiger partial charge in [0.1, 0.15) is 11.5 Å². The van der Waals surface area contributed by atoms with Gasteiger partial charge in [0.25, 0.3) is 0 Å². The Hall–Kier alpha value is -3.13. The summed E-state index contributed by atoms with van der Waals surface area (Å²) in [6.45, 7) is 6.80. The molecule has 144 valence electrons. The zero-order chi connectivity index (χ0) is 19.8. The SMILES string of the molecule is C=CCn1c(SCC(=O)Oc2ccc(OCC)cc2)nnc1-c1cccnc1. The van der Waals surface area contributed by atoms with Crippen LogP contribution in [0.5, 0.6) is 11.5 Å². The number of ether oxygens (including phenoxy) is 2. The fourth-order valence-corrected chi connectivity index (χ4v) is 3.17. The van der Waals surface area contributed by atoms with Gasteiger partial charge in [-0.15, -0.1) is 16.8 Å². The van der Waals surface area contributed by atoms with Crippen molar-refractivity contribution in [1.29, 1.82) is 0 Å². The Kier molecular flexibility index (Phi) is 6.80. The first-order valence-electron chi connectivity index (χ1n) is 8.72. The van der Waals surface area contributed by atoms with Crippen LogP contribution in [0.15, 0.2) is 66.6 Å². The molecule has 1 aromatic carbocycles. The van der Waals surface area contributed by atoms with Crippen molar-refractivity contribution in [3.8, 4) is 22.9 Å². The van der Waals surface area contributed by atoms with E-state index >= 15 is 0 Å². The number of hydrogen-bond donors (Lipinski definition) is 0. The molecule has 3 aromatic rings. The molecule has 0 aliphatic rings. The first-order chi connectivity index (χ1) is 13.7. The van der Waals surface area contributed by atoms with Gasteiger partial charge in [-0.25, -0.2) is 0 Å². The summed E-state index contributed by atoms with van der Waals surface area (Å²) in [4.78, 5) is 16.3. The van der Waals surface area contributed by atoms with Crippen LogP contribution in [0.4, 0.5) is 0 Å². The van der Waals surface area contributed by atoms with Crippen LogP contribution in [0.25, 0.3) is 11.4 Å². The van der Waals surface area contributed by atoms with Crippen LogP contribution >= 0.6 is 11.8 Å². The van der Waals surface area contributed by atoms with E-state index in [0.717, 1.165) is 11.3 Å². The van der Waals surface area contributed by atoms with Crippen LogP contribution in [-0.2, 0) is 11.3 Å². The van der Waals surface area contributed by atoms with Gasteiger partial charge in [0.2, 0.25) is 0 Å². The molecule has 7 nitrogen and oxygen atoms in total. The van der Waals surface area contributed by atoms with Gasteiger partial charge in [-0.1, -0.05) is 17.8 Å². The van der Waals surface area contributed by atoms with Gasteiger partial charge in [-0.05, 0) is 43.3 Å². The predicted octanol–water partition coefficient (Wildman–Crippen LogP) is 3.62. The van der Waals surface area contributed by atoms with Crippen molar-refractivity contribution in [3.05, 3.63) is 61.4 Å². The maximum atomic E-state index is 12.2. The molecule has 0 fully saturated rings. The monoisotopic (exact) mass is 396 g/mol. The molecular weight excluding hydrogens is 376 g/mol. The molecule has 0 radical (unpaired) electrons. The number of allylic oxidation sites excluding steroid dienone is 1. The molecule has 0 saturated heterocycles. The van der Waals surface area contributed by atoms with E-state index in [1.54, 1.807) is 42.7 Å². The molecule has 0 spiro atoms. The molecule has 0 bridgehead atoms. The van der Waals surface area contributed by atoms with Gasteiger partial charge in [-0.3, -0.25) is 14.3 Å².